The van der Waals surface area contributed by atoms with E-state index in [-0.39, 0.29) is 10.6 Å². The SMILES string of the molecule is CN(C)c1ccc(Cl)cc1NC(=O)c1cc(S(=O)(=O)N2CCCC2)cn1C. The Morgan fingerprint density at radius 2 is 1.85 bits per heavy atom. The molecule has 0 bridgehead atoms. The van der Waals surface area contributed by atoms with Gasteiger partial charge in [0, 0.05) is 45.5 Å². The maximum atomic E-state index is 12.8. The number of anilines is 2. The summed E-state index contributed by atoms with van der Waals surface area (Å²) in [6.45, 7) is 1.04. The molecule has 0 atom stereocenters. The van der Waals surface area contributed by atoms with Crippen LogP contribution in [-0.2, 0) is 17.1 Å². The number of carbonyl (C=O) groups is 1. The minimum absolute atomic E-state index is 0.135. The first-order valence-electron chi connectivity index (χ1n) is 8.65. The third-order valence-electron chi connectivity index (χ3n) is 4.60. The van der Waals surface area contributed by atoms with Gasteiger partial charge in [-0.25, -0.2) is 8.42 Å². The normalized spacial score (nSPS) is 15.1. The van der Waals surface area contributed by atoms with Crippen LogP contribution in [0.1, 0.15) is 23.3 Å². The highest BCUT2D eigenvalue weighted by molar-refractivity contribution is 7.89. The molecule has 1 fully saturated rings. The van der Waals surface area contributed by atoms with Gasteiger partial charge in [0.2, 0.25) is 10.0 Å². The monoisotopic (exact) mass is 410 g/mol. The van der Waals surface area contributed by atoms with Crippen molar-refractivity contribution >= 4 is 38.9 Å². The Morgan fingerprint density at radius 1 is 1.19 bits per heavy atom. The lowest BCUT2D eigenvalue weighted by molar-refractivity contribution is 0.101. The second kappa shape index (κ2) is 7.53. The number of aromatic nitrogens is 1. The van der Waals surface area contributed by atoms with Gasteiger partial charge in [-0.3, -0.25) is 4.79 Å². The molecular weight excluding hydrogens is 388 g/mol. The smallest absolute Gasteiger partial charge is 0.272 e. The van der Waals surface area contributed by atoms with E-state index in [4.69, 9.17) is 11.6 Å². The number of carbonyl (C=O) groups excluding carboxylic acids is 1. The zero-order chi connectivity index (χ0) is 19.8. The standard InChI is InChI=1S/C18H23ClN4O3S/c1-21(2)16-7-6-13(19)10-15(16)20-18(24)17-11-14(12-22(17)3)27(25,26)23-8-4-5-9-23/h6-7,10-12H,4-5,8-9H2,1-3H3,(H,20,24). The second-order valence-corrected chi connectivity index (χ2v) is 9.17. The van der Waals surface area contributed by atoms with Crippen LogP contribution in [0.3, 0.4) is 0 Å². The molecule has 7 nitrogen and oxygen atoms in total. The minimum atomic E-state index is -3.57. The summed E-state index contributed by atoms with van der Waals surface area (Å²) in [5.41, 5.74) is 1.62. The summed E-state index contributed by atoms with van der Waals surface area (Å²) in [5.74, 6) is -0.397. The van der Waals surface area contributed by atoms with Crippen molar-refractivity contribution in [2.24, 2.45) is 7.05 Å². The summed E-state index contributed by atoms with van der Waals surface area (Å²) < 4.78 is 28.4. The Morgan fingerprint density at radius 3 is 2.48 bits per heavy atom. The largest absolute Gasteiger partial charge is 0.376 e. The van der Waals surface area contributed by atoms with Crippen molar-refractivity contribution in [1.82, 2.24) is 8.87 Å². The Hall–Kier alpha value is -2.03. The lowest BCUT2D eigenvalue weighted by atomic mass is 10.2. The van der Waals surface area contributed by atoms with Crippen molar-refractivity contribution in [1.29, 1.82) is 0 Å². The Labute approximate surface area is 164 Å². The van der Waals surface area contributed by atoms with Gasteiger partial charge in [-0.05, 0) is 37.1 Å². The Bertz CT molecular complexity index is 963. The molecule has 0 aliphatic carbocycles. The zero-order valence-corrected chi connectivity index (χ0v) is 17.1. The minimum Gasteiger partial charge on any atom is -0.376 e. The van der Waals surface area contributed by atoms with Crippen molar-refractivity contribution in [2.75, 3.05) is 37.4 Å². The molecule has 9 heteroatoms. The molecule has 2 heterocycles. The van der Waals surface area contributed by atoms with Crippen molar-refractivity contribution in [3.05, 3.63) is 41.2 Å². The molecule has 3 rings (SSSR count). The van der Waals surface area contributed by atoms with Crippen molar-refractivity contribution in [3.8, 4) is 0 Å². The van der Waals surface area contributed by atoms with Crippen LogP contribution in [0, 0.1) is 0 Å². The van der Waals surface area contributed by atoms with Crippen LogP contribution in [0.25, 0.3) is 0 Å². The predicted molar refractivity (Wildman–Crippen MR) is 107 cm³/mol. The van der Waals surface area contributed by atoms with Crippen LogP contribution in [0.4, 0.5) is 11.4 Å². The van der Waals surface area contributed by atoms with Crippen LogP contribution in [-0.4, -0.2) is 50.4 Å². The second-order valence-electron chi connectivity index (χ2n) is 6.79. The maximum Gasteiger partial charge on any atom is 0.272 e. The molecule has 0 spiro atoms. The van der Waals surface area contributed by atoms with E-state index in [0.717, 1.165) is 18.5 Å². The fourth-order valence-electron chi connectivity index (χ4n) is 3.16. The summed E-state index contributed by atoms with van der Waals surface area (Å²) in [6.07, 6.45) is 3.20. The number of aryl methyl sites for hydroxylation is 1. The number of benzene rings is 1. The van der Waals surface area contributed by atoms with Gasteiger partial charge in [0.15, 0.2) is 0 Å². The first-order valence-corrected chi connectivity index (χ1v) is 10.5. The molecule has 27 heavy (non-hydrogen) atoms. The van der Waals surface area contributed by atoms with Gasteiger partial charge in [-0.15, -0.1) is 0 Å². The van der Waals surface area contributed by atoms with E-state index < -0.39 is 15.9 Å². The molecule has 1 N–H and O–H groups in total. The number of sulfonamides is 1. The van der Waals surface area contributed by atoms with E-state index in [1.165, 1.54) is 21.1 Å². The lowest BCUT2D eigenvalue weighted by Gasteiger charge is -2.18. The van der Waals surface area contributed by atoms with Crippen LogP contribution in [0.2, 0.25) is 5.02 Å². The summed E-state index contributed by atoms with van der Waals surface area (Å²) in [5, 5.41) is 3.33. The quantitative estimate of drug-likeness (QED) is 0.822. The number of hydrogen-bond acceptors (Lipinski definition) is 4. The molecule has 0 radical (unpaired) electrons. The van der Waals surface area contributed by atoms with E-state index >= 15 is 0 Å². The van der Waals surface area contributed by atoms with E-state index in [9.17, 15) is 13.2 Å². The molecule has 1 amide bonds. The number of hydrogen-bond donors (Lipinski definition) is 1. The predicted octanol–water partition coefficient (Wildman–Crippen LogP) is 2.78. The summed E-state index contributed by atoms with van der Waals surface area (Å²) >= 11 is 6.06. The molecule has 0 saturated carbocycles. The molecular formula is C18H23ClN4O3S. The average Bonchev–Trinajstić information content (AvgIpc) is 3.24. The van der Waals surface area contributed by atoms with Crippen molar-refractivity contribution < 1.29 is 13.2 Å². The average molecular weight is 411 g/mol. The van der Waals surface area contributed by atoms with Gasteiger partial charge >= 0.3 is 0 Å². The van der Waals surface area contributed by atoms with Crippen LogP contribution in [0.15, 0.2) is 35.4 Å². The van der Waals surface area contributed by atoms with Gasteiger partial charge in [-0.1, -0.05) is 11.6 Å². The molecule has 2 aromatic rings. The van der Waals surface area contributed by atoms with Crippen LogP contribution in [0.5, 0.6) is 0 Å². The lowest BCUT2D eigenvalue weighted by Crippen LogP contribution is -2.27. The first-order chi connectivity index (χ1) is 12.7. The van der Waals surface area contributed by atoms with Gasteiger partial charge in [0.1, 0.15) is 10.6 Å². The fraction of sp³-hybridized carbons (Fsp3) is 0.389. The number of rotatable bonds is 5. The zero-order valence-electron chi connectivity index (χ0n) is 15.6. The molecule has 1 aliphatic heterocycles. The number of nitrogens with zero attached hydrogens (tertiary/aromatic N) is 3. The third-order valence-corrected chi connectivity index (χ3v) is 6.70. The molecule has 1 aromatic heterocycles. The maximum absolute atomic E-state index is 12.8. The van der Waals surface area contributed by atoms with E-state index in [2.05, 4.69) is 5.32 Å². The van der Waals surface area contributed by atoms with Gasteiger partial charge in [0.05, 0.1) is 11.4 Å². The molecule has 1 aliphatic rings. The van der Waals surface area contributed by atoms with Crippen LogP contribution < -0.4 is 10.2 Å². The van der Waals surface area contributed by atoms with Crippen molar-refractivity contribution in [3.63, 3.8) is 0 Å². The molecule has 1 saturated heterocycles. The number of nitrogens with one attached hydrogen (secondary N) is 1. The summed E-state index contributed by atoms with van der Waals surface area (Å²) in [4.78, 5) is 14.8. The highest BCUT2D eigenvalue weighted by Gasteiger charge is 2.29. The van der Waals surface area contributed by atoms with E-state index in [1.54, 1.807) is 19.2 Å². The summed E-state index contributed by atoms with van der Waals surface area (Å²) in [6, 6.07) is 6.64. The third kappa shape index (κ3) is 3.97. The van der Waals surface area contributed by atoms with E-state index in [1.807, 2.05) is 25.1 Å². The first kappa shape index (κ1) is 19.7. The van der Waals surface area contributed by atoms with Gasteiger partial charge in [0.25, 0.3) is 5.91 Å². The van der Waals surface area contributed by atoms with E-state index in [0.29, 0.717) is 23.8 Å². The highest BCUT2D eigenvalue weighted by Crippen LogP contribution is 2.29. The number of halogens is 1. The van der Waals surface area contributed by atoms with Gasteiger partial charge in [-0.2, -0.15) is 4.31 Å². The Kier molecular flexibility index (Phi) is 5.50. The summed E-state index contributed by atoms with van der Waals surface area (Å²) in [7, 11) is 1.81. The topological polar surface area (TPSA) is 74.7 Å². The van der Waals surface area contributed by atoms with Crippen molar-refractivity contribution in [2.45, 2.75) is 17.7 Å². The molecule has 146 valence electrons. The fourth-order valence-corrected chi connectivity index (χ4v) is 4.92. The van der Waals surface area contributed by atoms with Crippen LogP contribution >= 0.6 is 11.6 Å². The molecule has 1 aromatic carbocycles. The Balaban J connectivity index is 1.89. The molecule has 0 unspecified atom stereocenters. The highest BCUT2D eigenvalue weighted by atomic mass is 35.5. The van der Waals surface area contributed by atoms with Gasteiger partial charge < -0.3 is 14.8 Å². The number of amides is 1.